The van der Waals surface area contributed by atoms with E-state index in [-0.39, 0.29) is 0 Å². The zero-order valence-corrected chi connectivity index (χ0v) is 14.4. The van der Waals surface area contributed by atoms with Crippen LogP contribution < -0.4 is 10.2 Å². The highest BCUT2D eigenvalue weighted by atomic mass is 32.1. The fraction of sp³-hybridized carbons (Fsp3) is 0.316. The van der Waals surface area contributed by atoms with Crippen LogP contribution in [-0.4, -0.2) is 36.2 Å². The fourth-order valence-corrected chi connectivity index (χ4v) is 3.23. The predicted octanol–water partition coefficient (Wildman–Crippen LogP) is 2.09. The molecule has 0 aliphatic carbocycles. The van der Waals surface area contributed by atoms with Crippen molar-refractivity contribution in [2.24, 2.45) is 0 Å². The molecular weight excluding hydrogens is 302 g/mol. The molecule has 0 aromatic heterocycles. The van der Waals surface area contributed by atoms with Crippen LogP contribution in [0.1, 0.15) is 11.1 Å². The normalized spacial score (nSPS) is 15.4. The summed E-state index contributed by atoms with van der Waals surface area (Å²) < 4.78 is 0. The molecule has 1 aliphatic heterocycles. The van der Waals surface area contributed by atoms with E-state index in [9.17, 15) is 0 Å². The number of thiocarbonyl (C=S) groups is 1. The van der Waals surface area contributed by atoms with Gasteiger partial charge in [0.05, 0.1) is 26.2 Å². The summed E-state index contributed by atoms with van der Waals surface area (Å²) in [5, 5.41) is 4.19. The molecule has 0 amide bonds. The highest BCUT2D eigenvalue weighted by Crippen LogP contribution is 2.10. The Labute approximate surface area is 143 Å². The number of nitrogens with one attached hydrogen (secondary N) is 2. The summed E-state index contributed by atoms with van der Waals surface area (Å²) in [6.45, 7) is 7.48. The van der Waals surface area contributed by atoms with Crippen molar-refractivity contribution in [1.29, 1.82) is 0 Å². The molecule has 1 aliphatic rings. The number of benzene rings is 2. The Bertz CT molecular complexity index is 631. The van der Waals surface area contributed by atoms with Crippen molar-refractivity contribution in [2.45, 2.75) is 13.5 Å². The molecule has 1 heterocycles. The number of piperazine rings is 1. The summed E-state index contributed by atoms with van der Waals surface area (Å²) in [5.74, 6) is 0. The van der Waals surface area contributed by atoms with Gasteiger partial charge in [-0.1, -0.05) is 48.0 Å². The molecule has 0 atom stereocenters. The minimum atomic E-state index is 0.840. The Balaban J connectivity index is 1.48. The van der Waals surface area contributed by atoms with E-state index in [1.807, 2.05) is 0 Å². The van der Waals surface area contributed by atoms with Crippen molar-refractivity contribution in [3.8, 4) is 0 Å². The number of rotatable bonds is 3. The Morgan fingerprint density at radius 2 is 1.70 bits per heavy atom. The van der Waals surface area contributed by atoms with Crippen LogP contribution in [0.15, 0.2) is 54.6 Å². The van der Waals surface area contributed by atoms with Crippen molar-refractivity contribution in [3.63, 3.8) is 0 Å². The minimum Gasteiger partial charge on any atom is -0.338 e. The molecule has 23 heavy (non-hydrogen) atoms. The highest BCUT2D eigenvalue weighted by Gasteiger charge is 2.21. The van der Waals surface area contributed by atoms with Crippen LogP contribution in [0.25, 0.3) is 0 Å². The second kappa shape index (κ2) is 7.57. The number of hydrogen-bond donors (Lipinski definition) is 2. The predicted molar refractivity (Wildman–Crippen MR) is 99.8 cm³/mol. The van der Waals surface area contributed by atoms with Crippen molar-refractivity contribution < 1.29 is 4.90 Å². The summed E-state index contributed by atoms with van der Waals surface area (Å²) in [7, 11) is 0. The van der Waals surface area contributed by atoms with Crippen LogP contribution in [0.3, 0.4) is 0 Å². The molecule has 0 spiro atoms. The van der Waals surface area contributed by atoms with E-state index in [2.05, 4.69) is 71.7 Å². The first-order valence-corrected chi connectivity index (χ1v) is 8.61. The van der Waals surface area contributed by atoms with Crippen molar-refractivity contribution in [1.82, 2.24) is 4.90 Å². The lowest BCUT2D eigenvalue weighted by molar-refractivity contribution is -0.917. The second-order valence-electron chi connectivity index (χ2n) is 6.20. The Kier molecular flexibility index (Phi) is 5.26. The van der Waals surface area contributed by atoms with Crippen molar-refractivity contribution in [2.75, 3.05) is 31.5 Å². The third-order valence-corrected chi connectivity index (χ3v) is 4.72. The minimum absolute atomic E-state index is 0.840. The van der Waals surface area contributed by atoms with Gasteiger partial charge < -0.3 is 15.1 Å². The van der Waals surface area contributed by atoms with E-state index in [1.165, 1.54) is 11.1 Å². The van der Waals surface area contributed by atoms with Crippen LogP contribution in [0.4, 0.5) is 5.69 Å². The lowest BCUT2D eigenvalue weighted by atomic mass is 10.2. The monoisotopic (exact) mass is 326 g/mol. The smallest absolute Gasteiger partial charge is 0.173 e. The molecule has 2 N–H and O–H groups in total. The Morgan fingerprint density at radius 3 is 2.35 bits per heavy atom. The molecule has 120 valence electrons. The van der Waals surface area contributed by atoms with Crippen LogP contribution >= 0.6 is 12.2 Å². The van der Waals surface area contributed by atoms with E-state index < -0.39 is 0 Å². The van der Waals surface area contributed by atoms with E-state index in [1.54, 1.807) is 4.90 Å². The standard InChI is InChI=1S/C19H23N3S/c1-16-7-9-18(10-8-16)20-19(23)22-13-11-21(12-14-22)15-17-5-3-2-4-6-17/h2-10H,11-15H2,1H3,(H,20,23)/p+1. The lowest BCUT2D eigenvalue weighted by Crippen LogP contribution is -3.13. The van der Waals surface area contributed by atoms with Gasteiger partial charge in [0.1, 0.15) is 6.54 Å². The molecule has 3 nitrogen and oxygen atoms in total. The second-order valence-corrected chi connectivity index (χ2v) is 6.58. The number of nitrogens with zero attached hydrogens (tertiary/aromatic N) is 1. The number of aryl methyl sites for hydroxylation is 1. The molecule has 1 fully saturated rings. The lowest BCUT2D eigenvalue weighted by Gasteiger charge is -2.34. The van der Waals surface area contributed by atoms with Gasteiger partial charge in [-0.2, -0.15) is 0 Å². The van der Waals surface area contributed by atoms with E-state index in [0.717, 1.165) is 43.5 Å². The molecule has 2 aromatic carbocycles. The molecule has 0 unspecified atom stereocenters. The summed E-state index contributed by atoms with van der Waals surface area (Å²) in [6, 6.07) is 19.1. The van der Waals surface area contributed by atoms with Crippen molar-refractivity contribution in [3.05, 3.63) is 65.7 Å². The van der Waals surface area contributed by atoms with Gasteiger partial charge in [-0.25, -0.2) is 0 Å². The van der Waals surface area contributed by atoms with E-state index in [4.69, 9.17) is 12.2 Å². The molecule has 0 saturated carbocycles. The summed E-state index contributed by atoms with van der Waals surface area (Å²) in [6.07, 6.45) is 0. The van der Waals surface area contributed by atoms with Gasteiger partial charge in [0, 0.05) is 11.3 Å². The molecule has 1 saturated heterocycles. The molecular formula is C19H24N3S+. The fourth-order valence-electron chi connectivity index (χ4n) is 2.93. The number of anilines is 1. The van der Waals surface area contributed by atoms with Crippen LogP contribution in [-0.2, 0) is 6.54 Å². The quantitative estimate of drug-likeness (QED) is 0.843. The molecule has 2 aromatic rings. The third-order valence-electron chi connectivity index (χ3n) is 4.36. The Hall–Kier alpha value is -1.91. The van der Waals surface area contributed by atoms with Gasteiger partial charge in [-0.15, -0.1) is 0 Å². The largest absolute Gasteiger partial charge is 0.338 e. The topological polar surface area (TPSA) is 19.7 Å². The van der Waals surface area contributed by atoms with Crippen LogP contribution in [0, 0.1) is 6.92 Å². The zero-order chi connectivity index (χ0) is 16.1. The van der Waals surface area contributed by atoms with Crippen molar-refractivity contribution >= 4 is 23.0 Å². The van der Waals surface area contributed by atoms with Gasteiger partial charge in [-0.3, -0.25) is 0 Å². The highest BCUT2D eigenvalue weighted by molar-refractivity contribution is 7.80. The average Bonchev–Trinajstić information content (AvgIpc) is 2.58. The van der Waals surface area contributed by atoms with Gasteiger partial charge in [0.25, 0.3) is 0 Å². The Morgan fingerprint density at radius 1 is 1.04 bits per heavy atom. The van der Waals surface area contributed by atoms with Crippen LogP contribution in [0.5, 0.6) is 0 Å². The molecule has 4 heteroatoms. The van der Waals surface area contributed by atoms with Gasteiger partial charge >= 0.3 is 0 Å². The number of hydrogen-bond acceptors (Lipinski definition) is 1. The zero-order valence-electron chi connectivity index (χ0n) is 13.6. The van der Waals surface area contributed by atoms with Gasteiger partial charge in [0.2, 0.25) is 0 Å². The van der Waals surface area contributed by atoms with Gasteiger partial charge in [0.15, 0.2) is 5.11 Å². The first-order valence-electron chi connectivity index (χ1n) is 8.21. The summed E-state index contributed by atoms with van der Waals surface area (Å²) in [4.78, 5) is 3.91. The molecule has 0 bridgehead atoms. The maximum atomic E-state index is 5.56. The molecule has 0 radical (unpaired) electrons. The first-order chi connectivity index (χ1) is 11.2. The van der Waals surface area contributed by atoms with Crippen LogP contribution in [0.2, 0.25) is 0 Å². The van der Waals surface area contributed by atoms with E-state index >= 15 is 0 Å². The van der Waals surface area contributed by atoms with Gasteiger partial charge in [-0.05, 0) is 31.3 Å². The average molecular weight is 326 g/mol. The first kappa shape index (κ1) is 16.0. The SMILES string of the molecule is Cc1ccc(NC(=S)N2CC[NH+](Cc3ccccc3)CC2)cc1. The maximum absolute atomic E-state index is 5.56. The van der Waals surface area contributed by atoms with E-state index in [0.29, 0.717) is 0 Å². The molecule has 3 rings (SSSR count). The summed E-state index contributed by atoms with van der Waals surface area (Å²) in [5.41, 5.74) is 3.75. The maximum Gasteiger partial charge on any atom is 0.173 e. The summed E-state index contributed by atoms with van der Waals surface area (Å²) >= 11 is 5.56. The number of quaternary nitrogens is 1. The third kappa shape index (κ3) is 4.53.